The van der Waals surface area contributed by atoms with E-state index in [2.05, 4.69) is 22.0 Å². The predicted molar refractivity (Wildman–Crippen MR) is 96.9 cm³/mol. The van der Waals surface area contributed by atoms with Gasteiger partial charge >= 0.3 is 0 Å². The number of rotatable bonds is 4. The Labute approximate surface area is 147 Å². The highest BCUT2D eigenvalue weighted by Gasteiger charge is 2.06. The zero-order valence-corrected chi connectivity index (χ0v) is 14.5. The minimum absolute atomic E-state index is 0.567. The van der Waals surface area contributed by atoms with Crippen LogP contribution in [0.15, 0.2) is 85.6 Å². The molecule has 0 unspecified atom stereocenters. The molecule has 1 aromatic heterocycles. The van der Waals surface area contributed by atoms with Crippen LogP contribution in [0.4, 0.5) is 0 Å². The summed E-state index contributed by atoms with van der Waals surface area (Å²) in [6, 6.07) is 23.7. The van der Waals surface area contributed by atoms with Crippen molar-refractivity contribution in [3.8, 4) is 6.07 Å². The number of nitrogens with zero attached hydrogens (tertiary/aromatic N) is 1. The Balaban J connectivity index is 1.83. The lowest BCUT2D eigenvalue weighted by Crippen LogP contribution is -1.81. The highest BCUT2D eigenvalue weighted by atomic mass is 79.9. The minimum atomic E-state index is 0.567. The van der Waals surface area contributed by atoms with Crippen LogP contribution in [0.1, 0.15) is 11.3 Å². The van der Waals surface area contributed by atoms with Gasteiger partial charge in [-0.05, 0) is 48.0 Å². The molecule has 0 saturated heterocycles. The van der Waals surface area contributed by atoms with Crippen LogP contribution in [0, 0.1) is 11.3 Å². The van der Waals surface area contributed by atoms with Gasteiger partial charge in [0.25, 0.3) is 0 Å². The first-order chi connectivity index (χ1) is 11.2. The van der Waals surface area contributed by atoms with Gasteiger partial charge in [0.05, 0.1) is 11.6 Å². The first-order valence-corrected chi connectivity index (χ1v) is 8.56. The zero-order chi connectivity index (χ0) is 16.1. The number of hydrogen-bond acceptors (Lipinski definition) is 3. The topological polar surface area (TPSA) is 36.9 Å². The first kappa shape index (κ1) is 15.7. The van der Waals surface area contributed by atoms with Crippen LogP contribution in [0.5, 0.6) is 0 Å². The largest absolute Gasteiger partial charge is 0.450 e. The summed E-state index contributed by atoms with van der Waals surface area (Å²) in [6.07, 6.45) is 1.76. The lowest BCUT2D eigenvalue weighted by Gasteiger charge is -1.99. The van der Waals surface area contributed by atoms with Crippen molar-refractivity contribution in [1.82, 2.24) is 0 Å². The van der Waals surface area contributed by atoms with Crippen molar-refractivity contribution in [2.24, 2.45) is 0 Å². The molecule has 0 atom stereocenters. The lowest BCUT2D eigenvalue weighted by molar-refractivity contribution is 0.466. The SMILES string of the molecule is N#C/C(=C/c1ccc(Sc2ccccc2)o1)c1cccc(Br)c1. The Hall–Kier alpha value is -2.22. The average Bonchev–Trinajstić information content (AvgIpc) is 3.00. The van der Waals surface area contributed by atoms with E-state index in [0.29, 0.717) is 11.3 Å². The molecule has 0 aliphatic carbocycles. The average molecular weight is 382 g/mol. The van der Waals surface area contributed by atoms with Crippen LogP contribution < -0.4 is 0 Å². The van der Waals surface area contributed by atoms with Crippen LogP contribution in [0.2, 0.25) is 0 Å². The second kappa shape index (κ2) is 7.36. The fourth-order valence-electron chi connectivity index (χ4n) is 2.05. The van der Waals surface area contributed by atoms with Crippen molar-refractivity contribution >= 4 is 39.3 Å². The molecule has 3 rings (SSSR count). The summed E-state index contributed by atoms with van der Waals surface area (Å²) >= 11 is 4.98. The molecule has 0 radical (unpaired) electrons. The summed E-state index contributed by atoms with van der Waals surface area (Å²) in [5, 5.41) is 10.2. The van der Waals surface area contributed by atoms with Gasteiger partial charge in [-0.1, -0.05) is 58.0 Å². The van der Waals surface area contributed by atoms with Gasteiger partial charge in [0, 0.05) is 9.37 Å². The van der Waals surface area contributed by atoms with Crippen LogP contribution in [-0.2, 0) is 0 Å². The minimum Gasteiger partial charge on any atom is -0.450 e. The molecule has 2 nitrogen and oxygen atoms in total. The molecule has 0 bridgehead atoms. The third-order valence-electron chi connectivity index (χ3n) is 3.11. The van der Waals surface area contributed by atoms with E-state index in [0.717, 1.165) is 20.0 Å². The maximum Gasteiger partial charge on any atom is 0.165 e. The molecule has 4 heteroatoms. The molecule has 2 aromatic carbocycles. The van der Waals surface area contributed by atoms with E-state index in [1.54, 1.807) is 17.8 Å². The highest BCUT2D eigenvalue weighted by Crippen LogP contribution is 2.30. The number of nitriles is 1. The smallest absolute Gasteiger partial charge is 0.165 e. The molecular formula is C19H12BrNOS. The van der Waals surface area contributed by atoms with Gasteiger partial charge < -0.3 is 4.42 Å². The normalized spacial score (nSPS) is 11.2. The van der Waals surface area contributed by atoms with Crippen LogP contribution in [0.3, 0.4) is 0 Å². The van der Waals surface area contributed by atoms with Crippen LogP contribution in [0.25, 0.3) is 11.6 Å². The van der Waals surface area contributed by atoms with Crippen molar-refractivity contribution in [3.63, 3.8) is 0 Å². The third-order valence-corrected chi connectivity index (χ3v) is 4.53. The Morgan fingerprint density at radius 3 is 2.61 bits per heavy atom. The van der Waals surface area contributed by atoms with Gasteiger partial charge in [0.1, 0.15) is 5.76 Å². The molecule has 1 heterocycles. The van der Waals surface area contributed by atoms with Crippen molar-refractivity contribution in [1.29, 1.82) is 5.26 Å². The second-order valence-corrected chi connectivity index (χ2v) is 6.75. The number of halogens is 1. The third kappa shape index (κ3) is 4.16. The molecule has 0 aliphatic heterocycles. The fourth-order valence-corrected chi connectivity index (χ4v) is 3.25. The van der Waals surface area contributed by atoms with Crippen molar-refractivity contribution in [3.05, 3.63) is 82.5 Å². The van der Waals surface area contributed by atoms with Gasteiger partial charge in [-0.2, -0.15) is 5.26 Å². The van der Waals surface area contributed by atoms with Crippen molar-refractivity contribution in [2.45, 2.75) is 9.99 Å². The maximum absolute atomic E-state index is 9.39. The van der Waals surface area contributed by atoms with E-state index < -0.39 is 0 Å². The summed E-state index contributed by atoms with van der Waals surface area (Å²) in [5.74, 6) is 0.667. The summed E-state index contributed by atoms with van der Waals surface area (Å²) in [7, 11) is 0. The highest BCUT2D eigenvalue weighted by molar-refractivity contribution is 9.10. The van der Waals surface area contributed by atoms with E-state index >= 15 is 0 Å². The Morgan fingerprint density at radius 1 is 1.04 bits per heavy atom. The Morgan fingerprint density at radius 2 is 1.87 bits per heavy atom. The molecule has 0 aliphatic rings. The van der Waals surface area contributed by atoms with E-state index in [1.165, 1.54) is 0 Å². The summed E-state index contributed by atoms with van der Waals surface area (Å²) in [4.78, 5) is 1.12. The second-order valence-electron chi connectivity index (χ2n) is 4.75. The predicted octanol–water partition coefficient (Wildman–Crippen LogP) is 6.26. The number of benzene rings is 2. The molecule has 0 N–H and O–H groups in total. The number of hydrogen-bond donors (Lipinski definition) is 0. The molecule has 23 heavy (non-hydrogen) atoms. The lowest BCUT2D eigenvalue weighted by atomic mass is 10.1. The maximum atomic E-state index is 9.39. The van der Waals surface area contributed by atoms with Gasteiger partial charge in [-0.25, -0.2) is 0 Å². The van der Waals surface area contributed by atoms with Crippen molar-refractivity contribution in [2.75, 3.05) is 0 Å². The Kier molecular flexibility index (Phi) is 5.02. The van der Waals surface area contributed by atoms with Crippen molar-refractivity contribution < 1.29 is 4.42 Å². The van der Waals surface area contributed by atoms with Gasteiger partial charge in [-0.3, -0.25) is 0 Å². The van der Waals surface area contributed by atoms with Gasteiger partial charge in [-0.15, -0.1) is 0 Å². The Bertz CT molecular complexity index is 878. The van der Waals surface area contributed by atoms with Gasteiger partial charge in [0.2, 0.25) is 0 Å². The van der Waals surface area contributed by atoms with E-state index in [-0.39, 0.29) is 0 Å². The zero-order valence-electron chi connectivity index (χ0n) is 12.1. The molecule has 3 aromatic rings. The van der Waals surface area contributed by atoms with Crippen LogP contribution >= 0.6 is 27.7 Å². The number of allylic oxidation sites excluding steroid dienone is 1. The number of furan rings is 1. The molecule has 0 saturated carbocycles. The standard InChI is InChI=1S/C19H12BrNOS/c20-16-6-4-5-14(11-16)15(13-21)12-17-9-10-19(22-17)23-18-7-2-1-3-8-18/h1-12H/b15-12-. The molecule has 0 amide bonds. The summed E-state index contributed by atoms with van der Waals surface area (Å²) in [5.41, 5.74) is 1.42. The summed E-state index contributed by atoms with van der Waals surface area (Å²) in [6.45, 7) is 0. The molecular weight excluding hydrogens is 370 g/mol. The fraction of sp³-hybridized carbons (Fsp3) is 0. The quantitative estimate of drug-likeness (QED) is 0.500. The molecule has 0 spiro atoms. The summed E-state index contributed by atoms with van der Waals surface area (Å²) < 4.78 is 6.74. The van der Waals surface area contributed by atoms with Gasteiger partial charge in [0.15, 0.2) is 5.09 Å². The molecule has 0 fully saturated rings. The van der Waals surface area contributed by atoms with E-state index in [1.807, 2.05) is 66.7 Å². The van der Waals surface area contributed by atoms with Crippen LogP contribution in [-0.4, -0.2) is 0 Å². The first-order valence-electron chi connectivity index (χ1n) is 6.95. The molecule has 112 valence electrons. The monoisotopic (exact) mass is 381 g/mol. The van der Waals surface area contributed by atoms with E-state index in [9.17, 15) is 5.26 Å². The van der Waals surface area contributed by atoms with E-state index in [4.69, 9.17) is 4.42 Å².